The summed E-state index contributed by atoms with van der Waals surface area (Å²) in [5.41, 5.74) is 1.46. The van der Waals surface area contributed by atoms with Crippen LogP contribution in [0, 0.1) is 10.5 Å². The summed E-state index contributed by atoms with van der Waals surface area (Å²) in [6, 6.07) is 5.45. The van der Waals surface area contributed by atoms with Crippen LogP contribution in [0.2, 0.25) is 0 Å². The number of rotatable bonds is 1. The first-order chi connectivity index (χ1) is 7.39. The van der Waals surface area contributed by atoms with E-state index in [-0.39, 0.29) is 5.91 Å². The molecule has 1 aliphatic heterocycles. The van der Waals surface area contributed by atoms with Gasteiger partial charge >= 0.3 is 0 Å². The summed E-state index contributed by atoms with van der Waals surface area (Å²) in [6.07, 6.45) is 0. The highest BCUT2D eigenvalue weighted by Gasteiger charge is 2.46. The van der Waals surface area contributed by atoms with Gasteiger partial charge in [-0.3, -0.25) is 4.79 Å². The van der Waals surface area contributed by atoms with Gasteiger partial charge in [-0.2, -0.15) is 0 Å². The van der Waals surface area contributed by atoms with Gasteiger partial charge in [0, 0.05) is 3.57 Å². The number of amides is 1. The van der Waals surface area contributed by atoms with Crippen LogP contribution in [0.3, 0.4) is 0 Å². The lowest BCUT2D eigenvalue weighted by Gasteiger charge is -2.38. The van der Waals surface area contributed by atoms with E-state index in [1.807, 2.05) is 41.6 Å². The van der Waals surface area contributed by atoms with Gasteiger partial charge in [0.05, 0.1) is 18.7 Å². The summed E-state index contributed by atoms with van der Waals surface area (Å²) in [5, 5.41) is 0. The van der Waals surface area contributed by atoms with E-state index >= 15 is 0 Å². The van der Waals surface area contributed by atoms with E-state index in [0.717, 1.165) is 9.13 Å². The highest BCUT2D eigenvalue weighted by molar-refractivity contribution is 14.1. The van der Waals surface area contributed by atoms with Crippen molar-refractivity contribution in [3.63, 3.8) is 0 Å². The largest absolute Gasteiger partial charge is 0.326 e. The predicted molar refractivity (Wildman–Crippen MR) is 64.7 cm³/mol. The van der Waals surface area contributed by atoms with Crippen LogP contribution in [0.5, 0.6) is 0 Å². The average Bonchev–Trinajstić information content (AvgIpc) is 2.17. The molecule has 1 saturated heterocycles. The normalized spacial score (nSPS) is 18.1. The number of carbonyl (C=O) groups excluding carboxylic acids is 1. The zero-order valence-corrected chi connectivity index (χ0v) is 10.8. The van der Waals surface area contributed by atoms with Gasteiger partial charge in [-0.05, 0) is 41.6 Å². The molecule has 1 amide bonds. The lowest BCUT2D eigenvalue weighted by molar-refractivity contribution is -0.113. The molecule has 0 unspecified atom stereocenters. The third-order valence-electron chi connectivity index (χ3n) is 2.48. The molecule has 16 heavy (non-hydrogen) atoms. The van der Waals surface area contributed by atoms with E-state index in [9.17, 15) is 13.6 Å². The van der Waals surface area contributed by atoms with Crippen molar-refractivity contribution in [3.8, 4) is 0 Å². The number of likely N-dealkylation sites (tertiary alicyclic amines) is 1. The van der Waals surface area contributed by atoms with Crippen LogP contribution < -0.4 is 0 Å². The van der Waals surface area contributed by atoms with Crippen molar-refractivity contribution in [2.45, 2.75) is 12.8 Å². The topological polar surface area (TPSA) is 20.3 Å². The third-order valence-corrected chi connectivity index (χ3v) is 3.42. The minimum absolute atomic E-state index is 0.306. The number of benzene rings is 1. The quantitative estimate of drug-likeness (QED) is 0.722. The molecule has 1 aliphatic rings. The van der Waals surface area contributed by atoms with Crippen molar-refractivity contribution in [1.82, 2.24) is 4.90 Å². The first kappa shape index (κ1) is 11.8. The molecular weight excluding hydrogens is 327 g/mol. The highest BCUT2D eigenvalue weighted by atomic mass is 127. The number of halogens is 3. The van der Waals surface area contributed by atoms with Crippen molar-refractivity contribution >= 4 is 28.5 Å². The standard InChI is InChI=1S/C11H10F2INO/c1-7-2-3-9(14)8(4-7)10(16)15-5-11(12,13)6-15/h2-4H,5-6H2,1H3. The van der Waals surface area contributed by atoms with Crippen LogP contribution >= 0.6 is 22.6 Å². The van der Waals surface area contributed by atoms with Gasteiger partial charge in [0.2, 0.25) is 0 Å². The second-order valence-electron chi connectivity index (χ2n) is 4.00. The molecule has 1 aromatic carbocycles. The van der Waals surface area contributed by atoms with E-state index in [4.69, 9.17) is 0 Å². The maximum absolute atomic E-state index is 12.6. The van der Waals surface area contributed by atoms with Crippen molar-refractivity contribution in [2.24, 2.45) is 0 Å². The summed E-state index contributed by atoms with van der Waals surface area (Å²) >= 11 is 2.04. The smallest absolute Gasteiger partial charge is 0.282 e. The molecule has 0 radical (unpaired) electrons. The number of hydrogen-bond donors (Lipinski definition) is 0. The number of carbonyl (C=O) groups is 1. The van der Waals surface area contributed by atoms with Gasteiger partial charge in [-0.25, -0.2) is 8.78 Å². The first-order valence-corrected chi connectivity index (χ1v) is 5.90. The lowest BCUT2D eigenvalue weighted by Crippen LogP contribution is -2.58. The molecule has 1 aromatic rings. The Labute approximate surface area is 106 Å². The molecule has 0 N–H and O–H groups in total. The number of aryl methyl sites for hydroxylation is 1. The van der Waals surface area contributed by atoms with Crippen LogP contribution in [0.1, 0.15) is 15.9 Å². The lowest BCUT2D eigenvalue weighted by atomic mass is 10.1. The van der Waals surface area contributed by atoms with E-state index < -0.39 is 19.0 Å². The number of nitrogens with zero attached hydrogens (tertiary/aromatic N) is 1. The minimum Gasteiger partial charge on any atom is -0.326 e. The van der Waals surface area contributed by atoms with Gasteiger partial charge < -0.3 is 4.90 Å². The van der Waals surface area contributed by atoms with Crippen LogP contribution in [-0.2, 0) is 0 Å². The average molecular weight is 337 g/mol. The zero-order valence-electron chi connectivity index (χ0n) is 8.64. The second-order valence-corrected chi connectivity index (χ2v) is 5.16. The Morgan fingerprint density at radius 2 is 2.06 bits per heavy atom. The van der Waals surface area contributed by atoms with Gasteiger partial charge in [0.1, 0.15) is 0 Å². The van der Waals surface area contributed by atoms with E-state index in [1.165, 1.54) is 4.90 Å². The Hall–Kier alpha value is -0.720. The van der Waals surface area contributed by atoms with Gasteiger partial charge in [-0.1, -0.05) is 11.6 Å². The highest BCUT2D eigenvalue weighted by Crippen LogP contribution is 2.29. The Balaban J connectivity index is 2.19. The first-order valence-electron chi connectivity index (χ1n) is 4.82. The van der Waals surface area contributed by atoms with Crippen LogP contribution in [0.4, 0.5) is 8.78 Å². The summed E-state index contributed by atoms with van der Waals surface area (Å²) in [7, 11) is 0. The molecule has 1 heterocycles. The molecule has 5 heteroatoms. The Morgan fingerprint density at radius 3 is 2.62 bits per heavy atom. The SMILES string of the molecule is Cc1ccc(I)c(C(=O)N2CC(F)(F)C2)c1. The third kappa shape index (κ3) is 2.18. The number of alkyl halides is 2. The molecule has 0 aromatic heterocycles. The van der Waals surface area contributed by atoms with Crippen molar-refractivity contribution in [1.29, 1.82) is 0 Å². The minimum atomic E-state index is -2.70. The van der Waals surface area contributed by atoms with Crippen molar-refractivity contribution < 1.29 is 13.6 Å². The van der Waals surface area contributed by atoms with E-state index in [0.29, 0.717) is 5.56 Å². The fourth-order valence-electron chi connectivity index (χ4n) is 1.63. The molecule has 0 aliphatic carbocycles. The summed E-state index contributed by atoms with van der Waals surface area (Å²) in [5.74, 6) is -3.01. The monoisotopic (exact) mass is 337 g/mol. The molecule has 2 rings (SSSR count). The predicted octanol–water partition coefficient (Wildman–Crippen LogP) is 2.69. The molecule has 0 spiro atoms. The van der Waals surface area contributed by atoms with Gasteiger partial charge in [-0.15, -0.1) is 0 Å². The van der Waals surface area contributed by atoms with Crippen LogP contribution in [-0.4, -0.2) is 29.8 Å². The maximum atomic E-state index is 12.6. The molecule has 0 atom stereocenters. The number of hydrogen-bond acceptors (Lipinski definition) is 1. The van der Waals surface area contributed by atoms with Crippen LogP contribution in [0.15, 0.2) is 18.2 Å². The molecule has 0 bridgehead atoms. The van der Waals surface area contributed by atoms with Crippen LogP contribution in [0.25, 0.3) is 0 Å². The van der Waals surface area contributed by atoms with Gasteiger partial charge in [0.15, 0.2) is 0 Å². The second kappa shape index (κ2) is 3.94. The summed E-state index contributed by atoms with van der Waals surface area (Å²) in [6.45, 7) is 0.948. The van der Waals surface area contributed by atoms with E-state index in [1.54, 1.807) is 6.07 Å². The Kier molecular flexibility index (Phi) is 2.90. The maximum Gasteiger partial charge on any atom is 0.282 e. The Morgan fingerprint density at radius 1 is 1.44 bits per heavy atom. The van der Waals surface area contributed by atoms with Crippen molar-refractivity contribution in [2.75, 3.05) is 13.1 Å². The molecule has 2 nitrogen and oxygen atoms in total. The Bertz CT molecular complexity index is 440. The fourth-order valence-corrected chi connectivity index (χ4v) is 2.20. The summed E-state index contributed by atoms with van der Waals surface area (Å²) < 4.78 is 26.1. The van der Waals surface area contributed by atoms with Gasteiger partial charge in [0.25, 0.3) is 11.8 Å². The summed E-state index contributed by atoms with van der Waals surface area (Å²) in [4.78, 5) is 13.1. The van der Waals surface area contributed by atoms with E-state index in [2.05, 4.69) is 0 Å². The molecule has 1 fully saturated rings. The molecule has 0 saturated carbocycles. The molecule has 86 valence electrons. The zero-order chi connectivity index (χ0) is 11.9. The van der Waals surface area contributed by atoms with Crippen molar-refractivity contribution in [3.05, 3.63) is 32.9 Å². The molecular formula is C11H10F2INO. The fraction of sp³-hybridized carbons (Fsp3) is 0.364.